The molecule has 200 valence electrons. The van der Waals surface area contributed by atoms with Crippen molar-refractivity contribution in [3.63, 3.8) is 0 Å². The summed E-state index contributed by atoms with van der Waals surface area (Å²) in [6, 6.07) is 12.6. The van der Waals surface area contributed by atoms with E-state index in [2.05, 4.69) is 32.0 Å². The molecule has 2 heterocycles. The number of benzene rings is 2. The molecule has 1 amide bonds. The molecule has 2 aromatic rings. The third kappa shape index (κ3) is 6.41. The lowest BCUT2D eigenvalue weighted by atomic mass is 10.1. The summed E-state index contributed by atoms with van der Waals surface area (Å²) in [4.78, 5) is 34.3. The Morgan fingerprint density at radius 3 is 2.69 bits per heavy atom. The van der Waals surface area contributed by atoms with Gasteiger partial charge in [-0.05, 0) is 30.7 Å². The van der Waals surface area contributed by atoms with Crippen LogP contribution in [0.4, 0.5) is 11.4 Å². The fraction of sp³-hybridized carbons (Fsp3) is 0.200. The molecule has 0 saturated carbocycles. The summed E-state index contributed by atoms with van der Waals surface area (Å²) in [6.07, 6.45) is -0.257. The van der Waals surface area contributed by atoms with Gasteiger partial charge in [-0.15, -0.1) is 0 Å². The molecule has 7 N–H and O–H groups in total. The molecule has 1 unspecified atom stereocenters. The number of carboxylic acids is 1. The molecule has 0 fully saturated rings. The minimum Gasteiger partial charge on any atom is -0.481 e. The second kappa shape index (κ2) is 11.2. The first-order chi connectivity index (χ1) is 18.6. The van der Waals surface area contributed by atoms with Crippen LogP contribution >= 0.6 is 0 Å². The van der Waals surface area contributed by atoms with E-state index < -0.39 is 17.9 Å². The number of amides is 1. The van der Waals surface area contributed by atoms with Crippen LogP contribution in [0.5, 0.6) is 11.5 Å². The van der Waals surface area contributed by atoms with Gasteiger partial charge in [0.05, 0.1) is 11.3 Å². The van der Waals surface area contributed by atoms with Gasteiger partial charge in [0.25, 0.3) is 5.88 Å². The third-order valence-electron chi connectivity index (χ3n) is 5.46. The molecule has 2 aromatic carbocycles. The lowest BCUT2D eigenvalue weighted by molar-refractivity contribution is -0.137. The number of aliphatic carboxylic acids is 1. The standard InChI is InChI=1S/C25H25N9O5/c1-34(2)18-11-16(7-6-13(18)12-26)38-23-20-21(30-17(22(37)31-20)8-9-19(35)36)32-25(33-23)39-15-5-3-4-14(10-15)29-24(27)28/h3-7,10-11,17H,8-9H2,1-2H3,(H,31,37)(H,35,36)(H4,27,28,29)(H,30,32,33). The molecule has 1 atom stereocenters. The molecule has 0 saturated heterocycles. The fourth-order valence-corrected chi connectivity index (χ4v) is 3.71. The fourth-order valence-electron chi connectivity index (χ4n) is 3.71. The van der Waals surface area contributed by atoms with Crippen molar-refractivity contribution in [1.82, 2.24) is 10.6 Å². The number of rotatable bonds is 8. The number of amidine groups is 2. The van der Waals surface area contributed by atoms with Crippen LogP contribution in [-0.4, -0.2) is 54.9 Å². The summed E-state index contributed by atoms with van der Waals surface area (Å²) in [5.74, 6) is -1.00. The van der Waals surface area contributed by atoms with Crippen LogP contribution in [0, 0.1) is 16.7 Å². The molecular weight excluding hydrogens is 506 g/mol. The normalized spacial score (nSPS) is 15.9. The molecule has 14 heteroatoms. The summed E-state index contributed by atoms with van der Waals surface area (Å²) >= 11 is 0. The van der Waals surface area contributed by atoms with Gasteiger partial charge in [0, 0.05) is 38.3 Å². The van der Waals surface area contributed by atoms with Crippen LogP contribution < -0.4 is 36.1 Å². The number of nitriles is 1. The molecular formula is C25H25N9O5. The van der Waals surface area contributed by atoms with E-state index in [1.165, 1.54) is 0 Å². The van der Waals surface area contributed by atoms with Gasteiger partial charge in [0.1, 0.15) is 29.3 Å². The lowest BCUT2D eigenvalue weighted by Gasteiger charge is -2.28. The maximum absolute atomic E-state index is 12.7. The van der Waals surface area contributed by atoms with Crippen molar-refractivity contribution in [2.45, 2.75) is 18.9 Å². The lowest BCUT2D eigenvalue weighted by Crippen LogP contribution is -2.50. The van der Waals surface area contributed by atoms with Crippen molar-refractivity contribution in [1.29, 1.82) is 10.7 Å². The number of fused-ring (bicyclic) bond motifs is 1. The molecule has 14 nitrogen and oxygen atoms in total. The van der Waals surface area contributed by atoms with Gasteiger partial charge in [-0.3, -0.25) is 25.3 Å². The predicted octanol–water partition coefficient (Wildman–Crippen LogP) is 1.28. The average Bonchev–Trinajstić information content (AvgIpc) is 2.87. The number of nitrogens with two attached hydrogens (primary N) is 1. The molecule has 0 bridgehead atoms. The van der Waals surface area contributed by atoms with Crippen LogP contribution in [0.15, 0.2) is 64.0 Å². The maximum Gasteiger partial charge on any atom is 0.304 e. The second-order valence-corrected chi connectivity index (χ2v) is 8.59. The predicted molar refractivity (Wildman–Crippen MR) is 143 cm³/mol. The molecule has 0 spiro atoms. The number of carboxylic acid groups (broad SMARTS) is 1. The topological polar surface area (TPSA) is 211 Å². The number of anilines is 2. The van der Waals surface area contributed by atoms with Crippen molar-refractivity contribution < 1.29 is 24.2 Å². The van der Waals surface area contributed by atoms with Gasteiger partial charge >= 0.3 is 12.0 Å². The highest BCUT2D eigenvalue weighted by Crippen LogP contribution is 2.28. The van der Waals surface area contributed by atoms with Crippen molar-refractivity contribution in [2.24, 2.45) is 15.7 Å². The highest BCUT2D eigenvalue weighted by Gasteiger charge is 2.34. The smallest absolute Gasteiger partial charge is 0.304 e. The first-order valence-electron chi connectivity index (χ1n) is 11.6. The zero-order chi connectivity index (χ0) is 28.1. The number of hydrogen-bond acceptors (Lipinski definition) is 10. The summed E-state index contributed by atoms with van der Waals surface area (Å²) < 4.78 is 11.9. The van der Waals surface area contributed by atoms with E-state index in [-0.39, 0.29) is 42.2 Å². The first-order valence-corrected chi connectivity index (χ1v) is 11.6. The summed E-state index contributed by atoms with van der Waals surface area (Å²) in [5.41, 5.74) is 7.10. The van der Waals surface area contributed by atoms with Gasteiger partial charge in [-0.1, -0.05) is 6.07 Å². The second-order valence-electron chi connectivity index (χ2n) is 8.59. The Labute approximate surface area is 222 Å². The Hall–Kier alpha value is -5.58. The minimum absolute atomic E-state index is 0.0102. The number of carbonyl (C=O) groups excluding carboxylic acids is 1. The number of guanidine groups is 1. The van der Waals surface area contributed by atoms with E-state index in [0.29, 0.717) is 28.4 Å². The molecule has 0 aliphatic carbocycles. The largest absolute Gasteiger partial charge is 0.481 e. The number of aliphatic imine (C=N–C) groups is 2. The Morgan fingerprint density at radius 2 is 2.00 bits per heavy atom. The number of hydrogen-bond donors (Lipinski definition) is 6. The first kappa shape index (κ1) is 26.5. The van der Waals surface area contributed by atoms with Crippen LogP contribution in [0.2, 0.25) is 0 Å². The highest BCUT2D eigenvalue weighted by molar-refractivity contribution is 6.14. The van der Waals surface area contributed by atoms with Gasteiger partial charge in [0.15, 0.2) is 11.8 Å². The Morgan fingerprint density at radius 1 is 1.23 bits per heavy atom. The molecule has 2 aliphatic heterocycles. The van der Waals surface area contributed by atoms with Crippen LogP contribution in [0.1, 0.15) is 18.4 Å². The van der Waals surface area contributed by atoms with E-state index >= 15 is 0 Å². The van der Waals surface area contributed by atoms with E-state index in [1.807, 2.05) is 0 Å². The van der Waals surface area contributed by atoms with Gasteiger partial charge in [-0.25, -0.2) is 0 Å². The number of nitrogens with zero attached hydrogens (tertiary/aromatic N) is 4. The van der Waals surface area contributed by atoms with Crippen LogP contribution in [-0.2, 0) is 9.59 Å². The van der Waals surface area contributed by atoms with Crippen molar-refractivity contribution in [2.75, 3.05) is 24.3 Å². The third-order valence-corrected chi connectivity index (χ3v) is 5.46. The van der Waals surface area contributed by atoms with Crippen molar-refractivity contribution in [3.8, 4) is 17.6 Å². The summed E-state index contributed by atoms with van der Waals surface area (Å²) in [5, 5.41) is 34.1. The van der Waals surface area contributed by atoms with E-state index in [9.17, 15) is 14.9 Å². The van der Waals surface area contributed by atoms with Gasteiger partial charge in [0.2, 0.25) is 5.91 Å². The van der Waals surface area contributed by atoms with Crippen LogP contribution in [0.3, 0.4) is 0 Å². The average molecular weight is 532 g/mol. The van der Waals surface area contributed by atoms with Crippen LogP contribution in [0.25, 0.3) is 0 Å². The molecule has 0 radical (unpaired) electrons. The zero-order valence-corrected chi connectivity index (χ0v) is 21.0. The summed E-state index contributed by atoms with van der Waals surface area (Å²) in [7, 11) is 3.57. The minimum atomic E-state index is -1.05. The molecule has 4 rings (SSSR count). The molecule has 39 heavy (non-hydrogen) atoms. The number of nitrogens with one attached hydrogen (secondary N) is 4. The van der Waals surface area contributed by atoms with Crippen molar-refractivity contribution in [3.05, 3.63) is 59.6 Å². The quantitative estimate of drug-likeness (QED) is 0.212. The summed E-state index contributed by atoms with van der Waals surface area (Å²) in [6.45, 7) is 0. The Bertz CT molecular complexity index is 1470. The van der Waals surface area contributed by atoms with Gasteiger partial charge < -0.3 is 35.8 Å². The van der Waals surface area contributed by atoms with E-state index in [0.717, 1.165) is 0 Å². The Balaban J connectivity index is 1.71. The number of carbonyl (C=O) groups is 2. The zero-order valence-electron chi connectivity index (χ0n) is 21.0. The molecule has 2 aliphatic rings. The van der Waals surface area contributed by atoms with Gasteiger partial charge in [-0.2, -0.15) is 10.3 Å². The van der Waals surface area contributed by atoms with Crippen molar-refractivity contribution >= 4 is 41.1 Å². The molecule has 0 aromatic heterocycles. The monoisotopic (exact) mass is 531 g/mol. The SMILES string of the molecule is CN(C)c1cc(OC2=C3NC(=O)C(CCC(=O)O)N=C3NC(Oc3cccc(NC(=N)N)c3)=N2)ccc1C#N. The van der Waals surface area contributed by atoms with E-state index in [4.69, 9.17) is 25.7 Å². The van der Waals surface area contributed by atoms with E-state index in [1.54, 1.807) is 61.5 Å². The Kier molecular flexibility index (Phi) is 7.62. The maximum atomic E-state index is 12.7. The highest BCUT2D eigenvalue weighted by atomic mass is 16.5. The number of ether oxygens (including phenoxy) is 2.